The standard InChI is InChI=1S/C32H37F2N5O2/c1-21-12-27(15-35)36-22(2)28(21)30(41)39-18-24-16-37(17-25(24)19-39)10-8-31(26-6-4-3-5-7-26)9-11-38(20-31)29(40)23-13-32(33,34)14-23/h3-7,12,23-25H,8-11,13-14,16-20H2,1-2H3. The first kappa shape index (κ1) is 27.8. The van der Waals surface area contributed by atoms with E-state index in [0.717, 1.165) is 51.1 Å². The molecule has 9 heteroatoms. The molecule has 41 heavy (non-hydrogen) atoms. The minimum absolute atomic E-state index is 0.000842. The van der Waals surface area contributed by atoms with E-state index in [2.05, 4.69) is 28.1 Å². The Morgan fingerprint density at radius 2 is 1.73 bits per heavy atom. The van der Waals surface area contributed by atoms with E-state index in [0.29, 0.717) is 41.9 Å². The number of aromatic nitrogens is 1. The molecule has 3 atom stereocenters. The van der Waals surface area contributed by atoms with Crippen molar-refractivity contribution < 1.29 is 18.4 Å². The Bertz CT molecular complexity index is 1350. The van der Waals surface area contributed by atoms with Gasteiger partial charge in [-0.25, -0.2) is 13.8 Å². The van der Waals surface area contributed by atoms with Gasteiger partial charge in [0, 0.05) is 63.4 Å². The fraction of sp³-hybridized carbons (Fsp3) is 0.562. The Hall–Kier alpha value is -3.38. The Labute approximate surface area is 240 Å². The highest BCUT2D eigenvalue weighted by Crippen LogP contribution is 2.45. The van der Waals surface area contributed by atoms with Crippen LogP contribution in [0.25, 0.3) is 0 Å². The van der Waals surface area contributed by atoms with Crippen molar-refractivity contribution in [2.24, 2.45) is 17.8 Å². The minimum atomic E-state index is -2.69. The van der Waals surface area contributed by atoms with Crippen LogP contribution in [0.3, 0.4) is 0 Å². The third-order valence-corrected chi connectivity index (χ3v) is 9.97. The number of fused-ring (bicyclic) bond motifs is 1. The van der Waals surface area contributed by atoms with Gasteiger partial charge in [0.1, 0.15) is 11.8 Å². The number of aryl methyl sites for hydroxylation is 2. The van der Waals surface area contributed by atoms with E-state index in [1.807, 2.05) is 34.9 Å². The summed E-state index contributed by atoms with van der Waals surface area (Å²) in [5.74, 6) is -2.52. The first-order chi connectivity index (χ1) is 19.6. The van der Waals surface area contributed by atoms with Crippen LogP contribution in [0, 0.1) is 42.9 Å². The molecule has 1 aromatic carbocycles. The summed E-state index contributed by atoms with van der Waals surface area (Å²) in [6, 6.07) is 14.1. The van der Waals surface area contributed by atoms with Crippen molar-refractivity contribution in [1.82, 2.24) is 19.7 Å². The van der Waals surface area contributed by atoms with Gasteiger partial charge < -0.3 is 14.7 Å². The number of alkyl halides is 2. The van der Waals surface area contributed by atoms with E-state index >= 15 is 0 Å². The number of pyridine rings is 1. The van der Waals surface area contributed by atoms with E-state index in [1.165, 1.54) is 5.56 Å². The van der Waals surface area contributed by atoms with E-state index in [4.69, 9.17) is 0 Å². The minimum Gasteiger partial charge on any atom is -0.342 e. The molecule has 4 fully saturated rings. The molecule has 3 aliphatic heterocycles. The molecule has 4 heterocycles. The molecule has 0 radical (unpaired) electrons. The van der Waals surface area contributed by atoms with Crippen molar-refractivity contribution in [2.45, 2.75) is 50.9 Å². The van der Waals surface area contributed by atoms with Crippen LogP contribution in [0.15, 0.2) is 36.4 Å². The number of carbonyl (C=O) groups excluding carboxylic acids is 2. The molecule has 2 aromatic rings. The van der Waals surface area contributed by atoms with Crippen LogP contribution in [-0.2, 0) is 10.2 Å². The summed E-state index contributed by atoms with van der Waals surface area (Å²) in [6.07, 6.45) is 1.10. The van der Waals surface area contributed by atoms with Crippen LogP contribution in [0.4, 0.5) is 8.78 Å². The summed E-state index contributed by atoms with van der Waals surface area (Å²) in [6.45, 7) is 9.06. The van der Waals surface area contributed by atoms with Crippen LogP contribution in [0.2, 0.25) is 0 Å². The maximum Gasteiger partial charge on any atom is 0.255 e. The van der Waals surface area contributed by atoms with Gasteiger partial charge in [-0.2, -0.15) is 5.26 Å². The number of amides is 2. The lowest BCUT2D eigenvalue weighted by molar-refractivity contribution is -0.159. The molecule has 2 amide bonds. The van der Waals surface area contributed by atoms with E-state index < -0.39 is 11.8 Å². The molecule has 4 aliphatic rings. The second-order valence-electron chi connectivity index (χ2n) is 12.8. The first-order valence-corrected chi connectivity index (χ1v) is 14.7. The highest BCUT2D eigenvalue weighted by atomic mass is 19.3. The molecule has 1 aliphatic carbocycles. The molecule has 6 rings (SSSR count). The molecule has 7 nitrogen and oxygen atoms in total. The van der Waals surface area contributed by atoms with Crippen molar-refractivity contribution in [1.29, 1.82) is 5.26 Å². The van der Waals surface area contributed by atoms with E-state index in [-0.39, 0.29) is 30.1 Å². The maximum atomic E-state index is 13.5. The predicted octanol–water partition coefficient (Wildman–Crippen LogP) is 4.18. The van der Waals surface area contributed by atoms with Crippen LogP contribution >= 0.6 is 0 Å². The number of hydrogen-bond donors (Lipinski definition) is 0. The van der Waals surface area contributed by atoms with Gasteiger partial charge in [0.15, 0.2) is 0 Å². The summed E-state index contributed by atoms with van der Waals surface area (Å²) >= 11 is 0. The third kappa shape index (κ3) is 5.23. The van der Waals surface area contributed by atoms with Crippen LogP contribution in [0.5, 0.6) is 0 Å². The number of nitriles is 1. The highest BCUT2D eigenvalue weighted by molar-refractivity contribution is 5.97. The number of halogens is 2. The molecule has 3 saturated heterocycles. The number of likely N-dealkylation sites (tertiary alicyclic amines) is 3. The Morgan fingerprint density at radius 1 is 1.05 bits per heavy atom. The van der Waals surface area contributed by atoms with Gasteiger partial charge >= 0.3 is 0 Å². The molecule has 216 valence electrons. The zero-order valence-electron chi connectivity index (χ0n) is 23.8. The van der Waals surface area contributed by atoms with Gasteiger partial charge in [0.25, 0.3) is 5.91 Å². The zero-order valence-corrected chi connectivity index (χ0v) is 23.8. The van der Waals surface area contributed by atoms with Crippen LogP contribution in [0.1, 0.15) is 58.6 Å². The van der Waals surface area contributed by atoms with Crippen LogP contribution in [-0.4, -0.2) is 83.2 Å². The molecule has 1 aromatic heterocycles. The lowest BCUT2D eigenvalue weighted by atomic mass is 9.76. The lowest BCUT2D eigenvalue weighted by Crippen LogP contribution is -2.47. The SMILES string of the molecule is Cc1cc(C#N)nc(C)c1C(=O)N1CC2CN(CCC3(c4ccccc4)CCN(C(=O)C4CC(F)(F)C4)C3)CC2C1. The molecular formula is C32H37F2N5O2. The lowest BCUT2D eigenvalue weighted by Gasteiger charge is -2.37. The summed E-state index contributed by atoms with van der Waals surface area (Å²) in [4.78, 5) is 37.0. The fourth-order valence-corrected chi connectivity index (χ4v) is 7.71. The second-order valence-corrected chi connectivity index (χ2v) is 12.8. The third-order valence-electron chi connectivity index (χ3n) is 9.97. The van der Waals surface area contributed by atoms with Gasteiger partial charge in [0.05, 0.1) is 11.3 Å². The Morgan fingerprint density at radius 3 is 2.34 bits per heavy atom. The Balaban J connectivity index is 1.08. The summed E-state index contributed by atoms with van der Waals surface area (Å²) in [7, 11) is 0. The fourth-order valence-electron chi connectivity index (χ4n) is 7.71. The number of hydrogen-bond acceptors (Lipinski definition) is 5. The predicted molar refractivity (Wildman–Crippen MR) is 149 cm³/mol. The molecule has 0 bridgehead atoms. The molecule has 3 unspecified atom stereocenters. The molecule has 1 saturated carbocycles. The average Bonchev–Trinajstić information content (AvgIpc) is 3.64. The van der Waals surface area contributed by atoms with Gasteiger partial charge in [-0.3, -0.25) is 9.59 Å². The largest absolute Gasteiger partial charge is 0.342 e. The number of carbonyl (C=O) groups is 2. The molecule has 0 spiro atoms. The summed E-state index contributed by atoms with van der Waals surface area (Å²) < 4.78 is 26.9. The van der Waals surface area contributed by atoms with Crippen molar-refractivity contribution in [2.75, 3.05) is 45.8 Å². The first-order valence-electron chi connectivity index (χ1n) is 14.7. The van der Waals surface area contributed by atoms with E-state index in [9.17, 15) is 23.6 Å². The normalized spacial score (nSPS) is 27.5. The average molecular weight is 562 g/mol. The van der Waals surface area contributed by atoms with Gasteiger partial charge in [-0.05, 0) is 62.3 Å². The van der Waals surface area contributed by atoms with Crippen molar-refractivity contribution >= 4 is 11.8 Å². The summed E-state index contributed by atoms with van der Waals surface area (Å²) in [5.41, 5.74) is 3.37. The monoisotopic (exact) mass is 561 g/mol. The molecule has 0 N–H and O–H groups in total. The van der Waals surface area contributed by atoms with Crippen LogP contribution < -0.4 is 0 Å². The van der Waals surface area contributed by atoms with Gasteiger partial charge in [-0.1, -0.05) is 30.3 Å². The second kappa shape index (κ2) is 10.5. The quantitative estimate of drug-likeness (QED) is 0.529. The van der Waals surface area contributed by atoms with Gasteiger partial charge in [0.2, 0.25) is 11.8 Å². The number of rotatable bonds is 6. The zero-order chi connectivity index (χ0) is 28.9. The Kier molecular flexibility index (Phi) is 7.09. The van der Waals surface area contributed by atoms with Gasteiger partial charge in [-0.15, -0.1) is 0 Å². The highest BCUT2D eigenvalue weighted by Gasteiger charge is 2.52. The maximum absolute atomic E-state index is 13.5. The topological polar surface area (TPSA) is 80.5 Å². The molecular weight excluding hydrogens is 524 g/mol. The van der Waals surface area contributed by atoms with Crippen molar-refractivity contribution in [3.8, 4) is 6.07 Å². The smallest absolute Gasteiger partial charge is 0.255 e. The van der Waals surface area contributed by atoms with Crippen molar-refractivity contribution in [3.05, 3.63) is 64.5 Å². The number of benzene rings is 1. The van der Waals surface area contributed by atoms with E-state index in [1.54, 1.807) is 13.0 Å². The number of nitrogens with zero attached hydrogens (tertiary/aromatic N) is 5. The summed E-state index contributed by atoms with van der Waals surface area (Å²) in [5, 5.41) is 9.19. The van der Waals surface area contributed by atoms with Crippen molar-refractivity contribution in [3.63, 3.8) is 0 Å².